The maximum atomic E-state index is 11.7. The summed E-state index contributed by atoms with van der Waals surface area (Å²) in [6.07, 6.45) is 0.690. The van der Waals surface area contributed by atoms with E-state index in [2.05, 4.69) is 10.6 Å². The third-order valence-corrected chi connectivity index (χ3v) is 3.34. The van der Waals surface area contributed by atoms with Gasteiger partial charge in [0.15, 0.2) is 0 Å². The van der Waals surface area contributed by atoms with Crippen molar-refractivity contribution in [2.24, 2.45) is 5.92 Å². The summed E-state index contributed by atoms with van der Waals surface area (Å²) in [5, 5.41) is 14.3. The molecule has 3 N–H and O–H groups in total. The summed E-state index contributed by atoms with van der Waals surface area (Å²) in [4.78, 5) is 22.8. The lowest BCUT2D eigenvalue weighted by Crippen LogP contribution is -2.48. The molecule has 110 valence electrons. The molecule has 1 aromatic carbocycles. The zero-order chi connectivity index (χ0) is 15.1. The molecule has 5 heteroatoms. The van der Waals surface area contributed by atoms with Crippen molar-refractivity contribution in [3.8, 4) is 0 Å². The maximum absolute atomic E-state index is 11.7. The van der Waals surface area contributed by atoms with Gasteiger partial charge in [0.05, 0.1) is 0 Å². The molecule has 2 amide bonds. The number of hydrogen-bond donors (Lipinski definition) is 3. The smallest absolute Gasteiger partial charge is 0.326 e. The van der Waals surface area contributed by atoms with Crippen molar-refractivity contribution in [3.63, 3.8) is 0 Å². The summed E-state index contributed by atoms with van der Waals surface area (Å²) in [5.41, 5.74) is 2.13. The third-order valence-electron chi connectivity index (χ3n) is 3.34. The predicted octanol–water partition coefficient (Wildman–Crippen LogP) is 2.29. The number of amides is 2. The van der Waals surface area contributed by atoms with Gasteiger partial charge in [-0.15, -0.1) is 0 Å². The number of carboxylic acids is 1. The average molecular weight is 278 g/mol. The lowest BCUT2D eigenvalue weighted by atomic mass is 9.99. The van der Waals surface area contributed by atoms with Crippen LogP contribution in [-0.2, 0) is 11.3 Å². The van der Waals surface area contributed by atoms with E-state index in [1.54, 1.807) is 6.92 Å². The average Bonchev–Trinajstić information content (AvgIpc) is 2.43. The lowest BCUT2D eigenvalue weighted by Gasteiger charge is -2.20. The van der Waals surface area contributed by atoms with Gasteiger partial charge in [0.25, 0.3) is 0 Å². The Morgan fingerprint density at radius 2 is 1.85 bits per heavy atom. The fraction of sp³-hybridized carbons (Fsp3) is 0.467. The van der Waals surface area contributed by atoms with Crippen LogP contribution in [0.2, 0.25) is 0 Å². The topological polar surface area (TPSA) is 78.4 Å². The summed E-state index contributed by atoms with van der Waals surface area (Å²) in [7, 11) is 0. The lowest BCUT2D eigenvalue weighted by molar-refractivity contribution is -0.140. The molecule has 20 heavy (non-hydrogen) atoms. The quantitative estimate of drug-likeness (QED) is 0.747. The number of carbonyl (C=O) groups excluding carboxylic acids is 1. The Kier molecular flexibility index (Phi) is 6.03. The molecule has 1 rings (SSSR count). The van der Waals surface area contributed by atoms with Crippen LogP contribution in [0.25, 0.3) is 0 Å². The van der Waals surface area contributed by atoms with Crippen LogP contribution < -0.4 is 10.6 Å². The van der Waals surface area contributed by atoms with E-state index in [4.69, 9.17) is 5.11 Å². The highest BCUT2D eigenvalue weighted by Gasteiger charge is 2.24. The number of benzene rings is 1. The van der Waals surface area contributed by atoms with Crippen LogP contribution in [0.15, 0.2) is 24.3 Å². The minimum absolute atomic E-state index is 0.113. The molecule has 0 heterocycles. The van der Waals surface area contributed by atoms with E-state index in [0.29, 0.717) is 13.0 Å². The Labute approximate surface area is 119 Å². The molecule has 0 aromatic heterocycles. The van der Waals surface area contributed by atoms with Gasteiger partial charge in [0.1, 0.15) is 6.04 Å². The van der Waals surface area contributed by atoms with E-state index in [9.17, 15) is 9.59 Å². The molecule has 0 saturated carbocycles. The van der Waals surface area contributed by atoms with Crippen LogP contribution in [0.1, 0.15) is 31.4 Å². The Balaban J connectivity index is 2.49. The molecule has 0 aliphatic carbocycles. The normalized spacial score (nSPS) is 13.3. The monoisotopic (exact) mass is 278 g/mol. The molecule has 0 aliphatic heterocycles. The van der Waals surface area contributed by atoms with Gasteiger partial charge in [-0.25, -0.2) is 9.59 Å². The standard InChI is InChI=1S/C15H22N2O3/c1-4-11(3)13(14(18)19)17-15(20)16-9-12-7-5-10(2)6-8-12/h5-8,11,13H,4,9H2,1-3H3,(H,18,19)(H2,16,17,20)/t11?,13-/m0/s1. The van der Waals surface area contributed by atoms with Crippen molar-refractivity contribution in [2.45, 2.75) is 39.8 Å². The fourth-order valence-electron chi connectivity index (χ4n) is 1.76. The van der Waals surface area contributed by atoms with Crippen LogP contribution in [0.4, 0.5) is 4.79 Å². The number of hydrogen-bond acceptors (Lipinski definition) is 2. The summed E-state index contributed by atoms with van der Waals surface area (Å²) in [6.45, 7) is 6.07. The van der Waals surface area contributed by atoms with Crippen molar-refractivity contribution >= 4 is 12.0 Å². The van der Waals surface area contributed by atoms with Gasteiger partial charge >= 0.3 is 12.0 Å². The maximum Gasteiger partial charge on any atom is 0.326 e. The molecular weight excluding hydrogens is 256 g/mol. The number of aliphatic carboxylic acids is 1. The fourth-order valence-corrected chi connectivity index (χ4v) is 1.76. The van der Waals surface area contributed by atoms with Crippen molar-refractivity contribution in [2.75, 3.05) is 0 Å². The highest BCUT2D eigenvalue weighted by molar-refractivity contribution is 5.82. The first-order valence-electron chi connectivity index (χ1n) is 6.76. The first-order chi connectivity index (χ1) is 9.43. The van der Waals surface area contributed by atoms with E-state index in [1.807, 2.05) is 38.1 Å². The Hall–Kier alpha value is -2.04. The SMILES string of the molecule is CCC(C)[C@H](NC(=O)NCc1ccc(C)cc1)C(=O)O. The summed E-state index contributed by atoms with van der Waals surface area (Å²) >= 11 is 0. The van der Waals surface area contributed by atoms with Crippen LogP contribution in [-0.4, -0.2) is 23.1 Å². The second-order valence-electron chi connectivity index (χ2n) is 5.01. The number of rotatable bonds is 6. The van der Waals surface area contributed by atoms with Crippen molar-refractivity contribution in [3.05, 3.63) is 35.4 Å². The van der Waals surface area contributed by atoms with Gasteiger partial charge in [-0.1, -0.05) is 50.1 Å². The van der Waals surface area contributed by atoms with E-state index >= 15 is 0 Å². The van der Waals surface area contributed by atoms with E-state index in [1.165, 1.54) is 0 Å². The summed E-state index contributed by atoms with van der Waals surface area (Å²) in [6, 6.07) is 6.47. The minimum atomic E-state index is -1.01. The highest BCUT2D eigenvalue weighted by Crippen LogP contribution is 2.08. The molecular formula is C15H22N2O3. The number of urea groups is 1. The summed E-state index contributed by atoms with van der Waals surface area (Å²) in [5.74, 6) is -1.12. The number of aryl methyl sites for hydroxylation is 1. The van der Waals surface area contributed by atoms with Gasteiger partial charge in [-0.05, 0) is 18.4 Å². The largest absolute Gasteiger partial charge is 0.480 e. The summed E-state index contributed by atoms with van der Waals surface area (Å²) < 4.78 is 0. The zero-order valence-electron chi connectivity index (χ0n) is 12.1. The number of nitrogens with one attached hydrogen (secondary N) is 2. The van der Waals surface area contributed by atoms with E-state index in [0.717, 1.165) is 11.1 Å². The van der Waals surface area contributed by atoms with Gasteiger partial charge in [0, 0.05) is 6.54 Å². The Bertz CT molecular complexity index is 457. The zero-order valence-corrected chi connectivity index (χ0v) is 12.1. The second kappa shape index (κ2) is 7.53. The van der Waals surface area contributed by atoms with Crippen LogP contribution in [0.5, 0.6) is 0 Å². The predicted molar refractivity (Wildman–Crippen MR) is 77.4 cm³/mol. The van der Waals surface area contributed by atoms with Gasteiger partial charge in [-0.3, -0.25) is 0 Å². The van der Waals surface area contributed by atoms with Gasteiger partial charge < -0.3 is 15.7 Å². The molecule has 0 bridgehead atoms. The first-order valence-corrected chi connectivity index (χ1v) is 6.76. The number of carbonyl (C=O) groups is 2. The molecule has 0 spiro atoms. The van der Waals surface area contributed by atoms with Crippen LogP contribution in [0.3, 0.4) is 0 Å². The Morgan fingerprint density at radius 3 is 2.35 bits per heavy atom. The molecule has 0 radical (unpaired) electrons. The second-order valence-corrected chi connectivity index (χ2v) is 5.01. The molecule has 0 aliphatic rings. The third kappa shape index (κ3) is 4.91. The minimum Gasteiger partial charge on any atom is -0.480 e. The van der Waals surface area contributed by atoms with Gasteiger partial charge in [-0.2, -0.15) is 0 Å². The molecule has 0 saturated heterocycles. The molecule has 1 aromatic rings. The number of carboxylic acid groups (broad SMARTS) is 1. The van der Waals surface area contributed by atoms with E-state index in [-0.39, 0.29) is 5.92 Å². The van der Waals surface area contributed by atoms with Crippen molar-refractivity contribution in [1.29, 1.82) is 0 Å². The van der Waals surface area contributed by atoms with Crippen molar-refractivity contribution in [1.82, 2.24) is 10.6 Å². The van der Waals surface area contributed by atoms with Crippen LogP contribution in [0, 0.1) is 12.8 Å². The van der Waals surface area contributed by atoms with E-state index < -0.39 is 18.0 Å². The molecule has 0 fully saturated rings. The Morgan fingerprint density at radius 1 is 1.25 bits per heavy atom. The van der Waals surface area contributed by atoms with Gasteiger partial charge in [0.2, 0.25) is 0 Å². The molecule has 2 atom stereocenters. The van der Waals surface area contributed by atoms with Crippen LogP contribution >= 0.6 is 0 Å². The highest BCUT2D eigenvalue weighted by atomic mass is 16.4. The first kappa shape index (κ1) is 16.0. The molecule has 5 nitrogen and oxygen atoms in total. The van der Waals surface area contributed by atoms with Crippen molar-refractivity contribution < 1.29 is 14.7 Å². The molecule has 1 unspecified atom stereocenters.